The lowest BCUT2D eigenvalue weighted by Gasteiger charge is -2.16. The lowest BCUT2D eigenvalue weighted by Crippen LogP contribution is -2.03. The molecule has 0 aliphatic carbocycles. The van der Waals surface area contributed by atoms with Gasteiger partial charge < -0.3 is 15.2 Å². The summed E-state index contributed by atoms with van der Waals surface area (Å²) in [6, 6.07) is 15.5. The molecule has 18 heavy (non-hydrogen) atoms. The number of nitrogen functional groups attached to an aromatic ring is 1. The molecule has 0 fully saturated rings. The first kappa shape index (κ1) is 12.3. The standard InChI is InChI=1S/C15H17NO2/c1-11(12-6-4-3-5-7-12)18-13-8-9-14(16)15(10-13)17-2/h3-11H,16H2,1-2H3. The van der Waals surface area contributed by atoms with E-state index in [9.17, 15) is 0 Å². The fourth-order valence-corrected chi connectivity index (χ4v) is 1.76. The van der Waals surface area contributed by atoms with Gasteiger partial charge in [0.05, 0.1) is 12.8 Å². The molecule has 2 aromatic rings. The Kier molecular flexibility index (Phi) is 3.72. The van der Waals surface area contributed by atoms with Crippen LogP contribution in [-0.2, 0) is 0 Å². The number of hydrogen-bond donors (Lipinski definition) is 1. The van der Waals surface area contributed by atoms with Crippen LogP contribution in [0.15, 0.2) is 48.5 Å². The minimum absolute atomic E-state index is 0.0143. The van der Waals surface area contributed by atoms with E-state index in [-0.39, 0.29) is 6.10 Å². The van der Waals surface area contributed by atoms with Crippen molar-refractivity contribution in [2.75, 3.05) is 12.8 Å². The smallest absolute Gasteiger partial charge is 0.145 e. The number of benzene rings is 2. The molecule has 94 valence electrons. The number of anilines is 1. The Morgan fingerprint density at radius 1 is 1.06 bits per heavy atom. The molecule has 0 amide bonds. The maximum atomic E-state index is 5.86. The molecule has 3 heteroatoms. The summed E-state index contributed by atoms with van der Waals surface area (Å²) in [5, 5.41) is 0. The van der Waals surface area contributed by atoms with Crippen molar-refractivity contribution < 1.29 is 9.47 Å². The number of rotatable bonds is 4. The highest BCUT2D eigenvalue weighted by molar-refractivity contribution is 5.55. The number of nitrogens with two attached hydrogens (primary N) is 1. The van der Waals surface area contributed by atoms with Gasteiger partial charge in [-0.25, -0.2) is 0 Å². The van der Waals surface area contributed by atoms with Gasteiger partial charge >= 0.3 is 0 Å². The summed E-state index contributed by atoms with van der Waals surface area (Å²) < 4.78 is 11.0. The van der Waals surface area contributed by atoms with Crippen LogP contribution in [0.25, 0.3) is 0 Å². The molecule has 0 bridgehead atoms. The number of hydrogen-bond acceptors (Lipinski definition) is 3. The molecule has 0 aromatic heterocycles. The van der Waals surface area contributed by atoms with Gasteiger partial charge in [-0.05, 0) is 24.6 Å². The van der Waals surface area contributed by atoms with E-state index in [1.807, 2.05) is 43.3 Å². The molecule has 1 atom stereocenters. The zero-order chi connectivity index (χ0) is 13.0. The Labute approximate surface area is 107 Å². The van der Waals surface area contributed by atoms with Crippen LogP contribution in [0.5, 0.6) is 11.5 Å². The quantitative estimate of drug-likeness (QED) is 0.837. The van der Waals surface area contributed by atoms with Crippen LogP contribution in [0.2, 0.25) is 0 Å². The Morgan fingerprint density at radius 2 is 1.78 bits per heavy atom. The highest BCUT2D eigenvalue weighted by Gasteiger charge is 2.08. The Hall–Kier alpha value is -2.16. The maximum absolute atomic E-state index is 5.86. The van der Waals surface area contributed by atoms with Crippen molar-refractivity contribution in [3.8, 4) is 11.5 Å². The minimum Gasteiger partial charge on any atom is -0.494 e. The molecule has 0 radical (unpaired) electrons. The van der Waals surface area contributed by atoms with Gasteiger partial charge in [-0.2, -0.15) is 0 Å². The Bertz CT molecular complexity index is 511. The van der Waals surface area contributed by atoms with Crippen LogP contribution in [0.3, 0.4) is 0 Å². The second kappa shape index (κ2) is 5.45. The van der Waals surface area contributed by atoms with E-state index < -0.39 is 0 Å². The zero-order valence-electron chi connectivity index (χ0n) is 10.6. The van der Waals surface area contributed by atoms with Gasteiger partial charge in [0.15, 0.2) is 0 Å². The third-order valence-corrected chi connectivity index (χ3v) is 2.79. The first-order chi connectivity index (χ1) is 8.70. The van der Waals surface area contributed by atoms with Crippen molar-refractivity contribution in [3.63, 3.8) is 0 Å². The van der Waals surface area contributed by atoms with Gasteiger partial charge in [-0.3, -0.25) is 0 Å². The summed E-state index contributed by atoms with van der Waals surface area (Å²) in [6.45, 7) is 2.01. The molecule has 0 aliphatic rings. The fraction of sp³-hybridized carbons (Fsp3) is 0.200. The lowest BCUT2D eigenvalue weighted by atomic mass is 10.1. The molecule has 2 N–H and O–H groups in total. The average Bonchev–Trinajstić information content (AvgIpc) is 2.42. The molecular weight excluding hydrogens is 226 g/mol. The van der Waals surface area contributed by atoms with E-state index in [1.54, 1.807) is 19.2 Å². The van der Waals surface area contributed by atoms with E-state index in [0.717, 1.165) is 11.3 Å². The molecule has 0 saturated heterocycles. The summed E-state index contributed by atoms with van der Waals surface area (Å²) in [7, 11) is 1.59. The minimum atomic E-state index is -0.0143. The SMILES string of the molecule is COc1cc(OC(C)c2ccccc2)ccc1N. The predicted octanol–water partition coefficient (Wildman–Crippen LogP) is 3.42. The predicted molar refractivity (Wildman–Crippen MR) is 72.9 cm³/mol. The second-order valence-corrected chi connectivity index (χ2v) is 4.07. The van der Waals surface area contributed by atoms with Gasteiger partial charge in [0.2, 0.25) is 0 Å². The maximum Gasteiger partial charge on any atom is 0.145 e. The molecular formula is C15H17NO2. The lowest BCUT2D eigenvalue weighted by molar-refractivity contribution is 0.226. The normalized spacial score (nSPS) is 11.9. The average molecular weight is 243 g/mol. The van der Waals surface area contributed by atoms with E-state index >= 15 is 0 Å². The van der Waals surface area contributed by atoms with Gasteiger partial charge in [0.25, 0.3) is 0 Å². The molecule has 0 spiro atoms. The Morgan fingerprint density at radius 3 is 2.44 bits per heavy atom. The first-order valence-electron chi connectivity index (χ1n) is 5.86. The fourth-order valence-electron chi connectivity index (χ4n) is 1.76. The van der Waals surface area contributed by atoms with Crippen LogP contribution >= 0.6 is 0 Å². The highest BCUT2D eigenvalue weighted by Crippen LogP contribution is 2.29. The molecule has 3 nitrogen and oxygen atoms in total. The molecule has 2 rings (SSSR count). The summed E-state index contributed by atoms with van der Waals surface area (Å²) in [5.41, 5.74) is 7.50. The van der Waals surface area contributed by atoms with Gasteiger partial charge in [0, 0.05) is 6.07 Å². The van der Waals surface area contributed by atoms with Gasteiger partial charge in [-0.15, -0.1) is 0 Å². The van der Waals surface area contributed by atoms with E-state index in [1.165, 1.54) is 0 Å². The monoisotopic (exact) mass is 243 g/mol. The van der Waals surface area contributed by atoms with Crippen LogP contribution in [0.4, 0.5) is 5.69 Å². The highest BCUT2D eigenvalue weighted by atomic mass is 16.5. The van der Waals surface area contributed by atoms with E-state index in [2.05, 4.69) is 0 Å². The van der Waals surface area contributed by atoms with Crippen molar-refractivity contribution in [1.82, 2.24) is 0 Å². The molecule has 0 heterocycles. The van der Waals surface area contributed by atoms with Crippen LogP contribution in [0, 0.1) is 0 Å². The topological polar surface area (TPSA) is 44.5 Å². The second-order valence-electron chi connectivity index (χ2n) is 4.07. The first-order valence-corrected chi connectivity index (χ1v) is 5.86. The van der Waals surface area contributed by atoms with Crippen LogP contribution in [0.1, 0.15) is 18.6 Å². The molecule has 2 aromatic carbocycles. The van der Waals surface area contributed by atoms with E-state index in [0.29, 0.717) is 11.4 Å². The third kappa shape index (κ3) is 2.74. The summed E-state index contributed by atoms with van der Waals surface area (Å²) >= 11 is 0. The van der Waals surface area contributed by atoms with Crippen molar-refractivity contribution in [3.05, 3.63) is 54.1 Å². The molecule has 0 aliphatic heterocycles. The number of ether oxygens (including phenoxy) is 2. The summed E-state index contributed by atoms with van der Waals surface area (Å²) in [5.74, 6) is 1.38. The van der Waals surface area contributed by atoms with Crippen molar-refractivity contribution >= 4 is 5.69 Å². The molecule has 1 unspecified atom stereocenters. The Balaban J connectivity index is 2.14. The third-order valence-electron chi connectivity index (χ3n) is 2.79. The van der Waals surface area contributed by atoms with Crippen LogP contribution < -0.4 is 15.2 Å². The van der Waals surface area contributed by atoms with Gasteiger partial charge in [-0.1, -0.05) is 30.3 Å². The molecule has 0 saturated carbocycles. The zero-order valence-corrected chi connectivity index (χ0v) is 10.6. The largest absolute Gasteiger partial charge is 0.494 e. The van der Waals surface area contributed by atoms with Crippen molar-refractivity contribution in [2.45, 2.75) is 13.0 Å². The van der Waals surface area contributed by atoms with E-state index in [4.69, 9.17) is 15.2 Å². The summed E-state index contributed by atoms with van der Waals surface area (Å²) in [4.78, 5) is 0. The summed E-state index contributed by atoms with van der Waals surface area (Å²) in [6.07, 6.45) is -0.0143. The van der Waals surface area contributed by atoms with Crippen LogP contribution in [-0.4, -0.2) is 7.11 Å². The van der Waals surface area contributed by atoms with Crippen molar-refractivity contribution in [2.24, 2.45) is 0 Å². The number of methoxy groups -OCH3 is 1. The van der Waals surface area contributed by atoms with Crippen molar-refractivity contribution in [1.29, 1.82) is 0 Å². The van der Waals surface area contributed by atoms with Gasteiger partial charge in [0.1, 0.15) is 17.6 Å².